The molecule has 0 radical (unpaired) electrons. The molecule has 5 heteroatoms. The first kappa shape index (κ1) is 14.1. The van der Waals surface area contributed by atoms with E-state index >= 15 is 0 Å². The minimum Gasteiger partial charge on any atom is -0.468 e. The number of nitrogens with zero attached hydrogens (tertiary/aromatic N) is 1. The molecule has 0 aliphatic heterocycles. The third kappa shape index (κ3) is 3.16. The molecular formula is C14H16BrNO3. The second kappa shape index (κ2) is 6.21. The van der Waals surface area contributed by atoms with Gasteiger partial charge in [0.05, 0.1) is 7.11 Å². The molecule has 0 saturated carbocycles. The molecule has 0 aliphatic carbocycles. The second-order valence-electron chi connectivity index (χ2n) is 4.35. The maximum absolute atomic E-state index is 11.4. The van der Waals surface area contributed by atoms with Crippen LogP contribution in [0.2, 0.25) is 0 Å². The number of carbonyl (C=O) groups is 1. The summed E-state index contributed by atoms with van der Waals surface area (Å²) < 4.78 is 7.60. The van der Waals surface area contributed by atoms with Crippen LogP contribution >= 0.6 is 15.9 Å². The van der Waals surface area contributed by atoms with Crippen LogP contribution in [0.15, 0.2) is 28.9 Å². The number of esters is 1. The topological polar surface area (TPSA) is 51.5 Å². The largest absolute Gasteiger partial charge is 0.468 e. The summed E-state index contributed by atoms with van der Waals surface area (Å²) in [5.74, 6) is -0.270. The van der Waals surface area contributed by atoms with E-state index in [4.69, 9.17) is 9.84 Å². The molecule has 1 aromatic heterocycles. The first-order valence-corrected chi connectivity index (χ1v) is 6.90. The SMILES string of the molecule is COC(=O)Cn1cc(CCCO)c2cc(Br)ccc21. The third-order valence-corrected chi connectivity index (χ3v) is 3.55. The van der Waals surface area contributed by atoms with E-state index in [1.54, 1.807) is 0 Å². The molecule has 0 unspecified atom stereocenters. The summed E-state index contributed by atoms with van der Waals surface area (Å²) in [4.78, 5) is 11.4. The number of ether oxygens (including phenoxy) is 1. The predicted octanol–water partition coefficient (Wildman–Crippen LogP) is 2.50. The van der Waals surface area contributed by atoms with Gasteiger partial charge in [-0.2, -0.15) is 0 Å². The third-order valence-electron chi connectivity index (χ3n) is 3.06. The number of fused-ring (bicyclic) bond motifs is 1. The molecule has 0 saturated heterocycles. The average molecular weight is 326 g/mol. The number of hydrogen-bond donors (Lipinski definition) is 1. The van der Waals surface area contributed by atoms with E-state index in [9.17, 15) is 4.79 Å². The van der Waals surface area contributed by atoms with Crippen molar-refractivity contribution in [1.29, 1.82) is 0 Å². The molecule has 1 N–H and O–H groups in total. The maximum atomic E-state index is 11.4. The lowest BCUT2D eigenvalue weighted by atomic mass is 10.1. The summed E-state index contributed by atoms with van der Waals surface area (Å²) >= 11 is 3.46. The van der Waals surface area contributed by atoms with Crippen molar-refractivity contribution in [3.63, 3.8) is 0 Å². The van der Waals surface area contributed by atoms with Crippen LogP contribution in [0.25, 0.3) is 10.9 Å². The first-order chi connectivity index (χ1) is 9.15. The number of aromatic nitrogens is 1. The molecule has 1 aromatic carbocycles. The first-order valence-electron chi connectivity index (χ1n) is 6.10. The van der Waals surface area contributed by atoms with Gasteiger partial charge in [0.15, 0.2) is 0 Å². The molecule has 102 valence electrons. The number of methoxy groups -OCH3 is 1. The minimum absolute atomic E-state index is 0.164. The second-order valence-corrected chi connectivity index (χ2v) is 5.26. The molecule has 0 fully saturated rings. The molecule has 0 bridgehead atoms. The number of halogens is 1. The number of rotatable bonds is 5. The number of aliphatic hydroxyl groups is 1. The van der Waals surface area contributed by atoms with E-state index in [1.165, 1.54) is 7.11 Å². The molecular weight excluding hydrogens is 310 g/mol. The fraction of sp³-hybridized carbons (Fsp3) is 0.357. The molecule has 4 nitrogen and oxygen atoms in total. The lowest BCUT2D eigenvalue weighted by molar-refractivity contribution is -0.141. The summed E-state index contributed by atoms with van der Waals surface area (Å²) in [5.41, 5.74) is 2.13. The summed E-state index contributed by atoms with van der Waals surface area (Å²) in [5, 5.41) is 10.1. The Balaban J connectivity index is 2.43. The van der Waals surface area contributed by atoms with Crippen LogP contribution in [0.4, 0.5) is 0 Å². The van der Waals surface area contributed by atoms with Gasteiger partial charge in [-0.25, -0.2) is 0 Å². The Kier molecular flexibility index (Phi) is 4.61. The van der Waals surface area contributed by atoms with Crippen LogP contribution in [-0.2, 0) is 22.5 Å². The van der Waals surface area contributed by atoms with E-state index in [0.717, 1.165) is 27.4 Å². The molecule has 0 atom stereocenters. The van der Waals surface area contributed by atoms with Crippen molar-refractivity contribution < 1.29 is 14.6 Å². The van der Waals surface area contributed by atoms with Crippen LogP contribution in [0.5, 0.6) is 0 Å². The van der Waals surface area contributed by atoms with E-state index < -0.39 is 0 Å². The highest BCUT2D eigenvalue weighted by atomic mass is 79.9. The normalized spacial score (nSPS) is 10.9. The van der Waals surface area contributed by atoms with E-state index in [2.05, 4.69) is 15.9 Å². The van der Waals surface area contributed by atoms with Gasteiger partial charge in [-0.3, -0.25) is 4.79 Å². The van der Waals surface area contributed by atoms with Crippen molar-refractivity contribution in [2.45, 2.75) is 19.4 Å². The van der Waals surface area contributed by atoms with E-state index in [-0.39, 0.29) is 19.1 Å². The minimum atomic E-state index is -0.270. The van der Waals surface area contributed by atoms with Crippen molar-refractivity contribution in [3.05, 3.63) is 34.4 Å². The van der Waals surface area contributed by atoms with Gasteiger partial charge < -0.3 is 14.4 Å². The highest BCUT2D eigenvalue weighted by Gasteiger charge is 2.11. The highest BCUT2D eigenvalue weighted by molar-refractivity contribution is 9.10. The van der Waals surface area contributed by atoms with Gasteiger partial charge in [-0.15, -0.1) is 0 Å². The number of aryl methyl sites for hydroxylation is 1. The van der Waals surface area contributed by atoms with E-state index in [1.807, 2.05) is 29.0 Å². The smallest absolute Gasteiger partial charge is 0.325 e. The van der Waals surface area contributed by atoms with Gasteiger partial charge in [0.25, 0.3) is 0 Å². The summed E-state index contributed by atoms with van der Waals surface area (Å²) in [6, 6.07) is 5.96. The lowest BCUT2D eigenvalue weighted by Crippen LogP contribution is -2.10. The molecule has 2 rings (SSSR count). The Morgan fingerprint density at radius 1 is 1.47 bits per heavy atom. The summed E-state index contributed by atoms with van der Waals surface area (Å²) in [6.45, 7) is 0.367. The van der Waals surface area contributed by atoms with Crippen LogP contribution in [0, 0.1) is 0 Å². The maximum Gasteiger partial charge on any atom is 0.325 e. The Labute approximate surface area is 120 Å². The standard InChI is InChI=1S/C14H16BrNO3/c1-19-14(18)9-16-8-10(3-2-6-17)12-7-11(15)4-5-13(12)16/h4-5,7-8,17H,2-3,6,9H2,1H3. The van der Waals surface area contributed by atoms with Crippen LogP contribution < -0.4 is 0 Å². The highest BCUT2D eigenvalue weighted by Crippen LogP contribution is 2.26. The monoisotopic (exact) mass is 325 g/mol. The zero-order valence-electron chi connectivity index (χ0n) is 10.7. The van der Waals surface area contributed by atoms with Crippen molar-refractivity contribution in [2.24, 2.45) is 0 Å². The zero-order chi connectivity index (χ0) is 13.8. The Hall–Kier alpha value is -1.33. The zero-order valence-corrected chi connectivity index (χ0v) is 12.3. The van der Waals surface area contributed by atoms with Crippen molar-refractivity contribution >= 4 is 32.8 Å². The van der Waals surface area contributed by atoms with Gasteiger partial charge in [-0.1, -0.05) is 15.9 Å². The van der Waals surface area contributed by atoms with Gasteiger partial charge >= 0.3 is 5.97 Å². The molecule has 0 spiro atoms. The van der Waals surface area contributed by atoms with Crippen LogP contribution in [-0.4, -0.2) is 29.4 Å². The van der Waals surface area contributed by atoms with Crippen molar-refractivity contribution in [2.75, 3.05) is 13.7 Å². The average Bonchev–Trinajstić information content (AvgIpc) is 2.73. The predicted molar refractivity (Wildman–Crippen MR) is 77.1 cm³/mol. The summed E-state index contributed by atoms with van der Waals surface area (Å²) in [6.07, 6.45) is 3.46. The van der Waals surface area contributed by atoms with Gasteiger partial charge in [0.2, 0.25) is 0 Å². The Morgan fingerprint density at radius 3 is 2.95 bits per heavy atom. The Bertz CT molecular complexity index is 592. The van der Waals surface area contributed by atoms with Gasteiger partial charge in [-0.05, 0) is 36.6 Å². The molecule has 2 aromatic rings. The lowest BCUT2D eigenvalue weighted by Gasteiger charge is -2.03. The quantitative estimate of drug-likeness (QED) is 0.859. The number of aliphatic hydroxyl groups excluding tert-OH is 1. The van der Waals surface area contributed by atoms with Gasteiger partial charge in [0, 0.05) is 28.2 Å². The van der Waals surface area contributed by atoms with Crippen LogP contribution in [0.3, 0.4) is 0 Å². The Morgan fingerprint density at radius 2 is 2.26 bits per heavy atom. The molecule has 0 aliphatic rings. The van der Waals surface area contributed by atoms with Crippen molar-refractivity contribution in [1.82, 2.24) is 4.57 Å². The van der Waals surface area contributed by atoms with Crippen molar-refractivity contribution in [3.8, 4) is 0 Å². The van der Waals surface area contributed by atoms with Gasteiger partial charge in [0.1, 0.15) is 6.54 Å². The number of hydrogen-bond acceptors (Lipinski definition) is 3. The number of benzene rings is 1. The summed E-state index contributed by atoms with van der Waals surface area (Å²) in [7, 11) is 1.39. The fourth-order valence-electron chi connectivity index (χ4n) is 2.15. The van der Waals surface area contributed by atoms with Crippen LogP contribution in [0.1, 0.15) is 12.0 Å². The molecule has 0 amide bonds. The molecule has 19 heavy (non-hydrogen) atoms. The number of carbonyl (C=O) groups excluding carboxylic acids is 1. The molecule has 1 heterocycles. The fourth-order valence-corrected chi connectivity index (χ4v) is 2.51. The van der Waals surface area contributed by atoms with E-state index in [0.29, 0.717) is 6.42 Å².